The zero-order chi connectivity index (χ0) is 14.6. The van der Waals surface area contributed by atoms with Crippen LogP contribution in [0.2, 0.25) is 0 Å². The predicted octanol–water partition coefficient (Wildman–Crippen LogP) is 5.36. The van der Waals surface area contributed by atoms with Gasteiger partial charge in [0.15, 0.2) is 0 Å². The summed E-state index contributed by atoms with van der Waals surface area (Å²) in [5.74, 6) is 0.179. The first kappa shape index (κ1) is 17.5. The molecule has 0 fully saturated rings. The van der Waals surface area contributed by atoms with Gasteiger partial charge in [0.05, 0.1) is 0 Å². The molecule has 1 aromatic rings. The second-order valence-electron chi connectivity index (χ2n) is 5.16. The Morgan fingerprint density at radius 1 is 0.900 bits per heavy atom. The first-order valence-corrected chi connectivity index (χ1v) is 9.59. The van der Waals surface area contributed by atoms with Crippen molar-refractivity contribution in [2.75, 3.05) is 0 Å². The molecule has 0 amide bonds. The van der Waals surface area contributed by atoms with Gasteiger partial charge in [-0.2, -0.15) is 0 Å². The fraction of sp³-hybridized carbons (Fsp3) is 0.556. The maximum absolute atomic E-state index is 14.4. The summed E-state index contributed by atoms with van der Waals surface area (Å²) in [5.41, 5.74) is 0. The van der Waals surface area contributed by atoms with Crippen LogP contribution >= 0.6 is 0 Å². The number of hydrogen-bond donors (Lipinski definition) is 0. The number of halogens is 1. The van der Waals surface area contributed by atoms with Gasteiger partial charge >= 0.3 is 130 Å². The average molecular weight is 341 g/mol. The van der Waals surface area contributed by atoms with Crippen LogP contribution in [0.4, 0.5) is 4.39 Å². The van der Waals surface area contributed by atoms with Crippen molar-refractivity contribution in [3.8, 4) is 0 Å². The van der Waals surface area contributed by atoms with Crippen LogP contribution in [-0.2, 0) is 0 Å². The van der Waals surface area contributed by atoms with E-state index in [0.717, 1.165) is 36.6 Å². The second kappa shape index (κ2) is 11.1. The molecule has 1 aromatic carbocycles. The monoisotopic (exact) mass is 342 g/mol. The van der Waals surface area contributed by atoms with E-state index in [-0.39, 0.29) is 20.8 Å². The summed E-state index contributed by atoms with van der Waals surface area (Å²) in [6, 6.07) is 10.4. The van der Waals surface area contributed by atoms with Crippen LogP contribution in [0.3, 0.4) is 0 Å². The van der Waals surface area contributed by atoms with Crippen LogP contribution in [-0.4, -0.2) is 15.0 Å². The summed E-state index contributed by atoms with van der Waals surface area (Å²) in [6.45, 7) is 4.36. The molecule has 0 spiro atoms. The van der Waals surface area contributed by atoms with E-state index in [0.29, 0.717) is 6.42 Å². The Balaban J connectivity index is 2.65. The molecule has 0 unspecified atom stereocenters. The van der Waals surface area contributed by atoms with Crippen LogP contribution in [0, 0.1) is 0 Å². The van der Waals surface area contributed by atoms with Crippen molar-refractivity contribution in [2.24, 2.45) is 0 Å². The minimum absolute atomic E-state index is 0.158. The van der Waals surface area contributed by atoms with Crippen LogP contribution in [0.15, 0.2) is 40.6 Å². The van der Waals surface area contributed by atoms with Gasteiger partial charge in [0.2, 0.25) is 0 Å². The molecular weight excluding hydrogens is 314 g/mol. The molecular formula is C18H27FSe. The maximum atomic E-state index is 14.4. The molecule has 112 valence electrons. The average Bonchev–Trinajstić information content (AvgIpc) is 2.47. The van der Waals surface area contributed by atoms with E-state index in [1.807, 2.05) is 6.07 Å². The first-order valence-electron chi connectivity index (χ1n) is 7.88. The number of benzene rings is 1. The van der Waals surface area contributed by atoms with Gasteiger partial charge in [0.25, 0.3) is 0 Å². The number of unbranched alkanes of at least 4 members (excludes halogenated alkanes) is 4. The van der Waals surface area contributed by atoms with Crippen LogP contribution < -0.4 is 4.46 Å². The van der Waals surface area contributed by atoms with Crippen molar-refractivity contribution < 1.29 is 4.39 Å². The van der Waals surface area contributed by atoms with E-state index in [2.05, 4.69) is 38.1 Å². The van der Waals surface area contributed by atoms with Gasteiger partial charge in [0, 0.05) is 0 Å². The van der Waals surface area contributed by atoms with Crippen LogP contribution in [0.1, 0.15) is 65.2 Å². The van der Waals surface area contributed by atoms with Crippen molar-refractivity contribution in [3.63, 3.8) is 0 Å². The third kappa shape index (κ3) is 7.26. The van der Waals surface area contributed by atoms with E-state index < -0.39 is 0 Å². The van der Waals surface area contributed by atoms with Crippen LogP contribution in [0.5, 0.6) is 0 Å². The predicted molar refractivity (Wildman–Crippen MR) is 88.2 cm³/mol. The molecule has 0 nitrogen and oxygen atoms in total. The molecule has 0 aromatic heterocycles. The summed E-state index contributed by atoms with van der Waals surface area (Å²) in [6.07, 6.45) is 8.40. The van der Waals surface area contributed by atoms with E-state index in [9.17, 15) is 4.39 Å². The molecule has 1 rings (SSSR count). The van der Waals surface area contributed by atoms with Gasteiger partial charge < -0.3 is 0 Å². The second-order valence-corrected chi connectivity index (χ2v) is 7.61. The molecule has 0 N–H and O–H groups in total. The number of rotatable bonds is 10. The molecule has 0 bridgehead atoms. The van der Waals surface area contributed by atoms with Crippen molar-refractivity contribution in [2.45, 2.75) is 65.2 Å². The fourth-order valence-electron chi connectivity index (χ4n) is 2.08. The van der Waals surface area contributed by atoms with E-state index in [1.54, 1.807) is 0 Å². The van der Waals surface area contributed by atoms with Crippen molar-refractivity contribution in [1.82, 2.24) is 0 Å². The fourth-order valence-corrected chi connectivity index (χ4v) is 4.25. The summed E-state index contributed by atoms with van der Waals surface area (Å²) < 4.78 is 16.8. The normalized spacial score (nSPS) is 12.3. The Morgan fingerprint density at radius 3 is 2.10 bits per heavy atom. The van der Waals surface area contributed by atoms with Gasteiger partial charge in [-0.3, -0.25) is 0 Å². The van der Waals surface area contributed by atoms with Gasteiger partial charge in [0.1, 0.15) is 0 Å². The van der Waals surface area contributed by atoms with Gasteiger partial charge in [-0.25, -0.2) is 0 Å². The molecule has 0 saturated heterocycles. The Morgan fingerprint density at radius 2 is 1.50 bits per heavy atom. The number of hydrogen-bond acceptors (Lipinski definition) is 0. The number of allylic oxidation sites excluding steroid dienone is 2. The minimum atomic E-state index is 0.158. The molecule has 0 aliphatic rings. The Hall–Kier alpha value is -0.591. The summed E-state index contributed by atoms with van der Waals surface area (Å²) in [4.78, 5) is 0. The summed E-state index contributed by atoms with van der Waals surface area (Å²) in [5, 5.41) is 0. The Bertz CT molecular complexity index is 384. The molecule has 0 heterocycles. The molecule has 0 aliphatic carbocycles. The standard InChI is InChI=1S/C18H27FSe/c1-3-5-8-14-17(19)18(15-9-6-4-2)20-16-12-10-7-11-13-16/h7,10-13H,3-6,8-9,14-15H2,1-2H3/b18-17+. The molecule has 0 radical (unpaired) electrons. The van der Waals surface area contributed by atoms with Crippen molar-refractivity contribution >= 4 is 19.4 Å². The quantitative estimate of drug-likeness (QED) is 0.397. The molecule has 2 heteroatoms. The molecule has 0 atom stereocenters. The van der Waals surface area contributed by atoms with Crippen molar-refractivity contribution in [3.05, 3.63) is 40.6 Å². The van der Waals surface area contributed by atoms with E-state index in [4.69, 9.17) is 0 Å². The third-order valence-electron chi connectivity index (χ3n) is 3.29. The zero-order valence-electron chi connectivity index (χ0n) is 12.8. The van der Waals surface area contributed by atoms with Crippen LogP contribution in [0.25, 0.3) is 0 Å². The van der Waals surface area contributed by atoms with Gasteiger partial charge in [-0.1, -0.05) is 0 Å². The topological polar surface area (TPSA) is 0 Å². The molecule has 0 aliphatic heterocycles. The summed E-state index contributed by atoms with van der Waals surface area (Å²) in [7, 11) is 0. The SMILES string of the molecule is CCCCC/C(F)=C(/CCCCC)[Se]c1ccccc1. The zero-order valence-corrected chi connectivity index (χ0v) is 14.5. The van der Waals surface area contributed by atoms with E-state index >= 15 is 0 Å². The van der Waals surface area contributed by atoms with Gasteiger partial charge in [-0.15, -0.1) is 0 Å². The Labute approximate surface area is 130 Å². The van der Waals surface area contributed by atoms with Crippen molar-refractivity contribution in [1.29, 1.82) is 0 Å². The first-order chi connectivity index (χ1) is 9.77. The third-order valence-corrected chi connectivity index (χ3v) is 5.77. The molecule has 20 heavy (non-hydrogen) atoms. The van der Waals surface area contributed by atoms with Gasteiger partial charge in [-0.05, 0) is 0 Å². The summed E-state index contributed by atoms with van der Waals surface area (Å²) >= 11 is 0.158. The Kier molecular flexibility index (Phi) is 9.70. The molecule has 0 saturated carbocycles. The van der Waals surface area contributed by atoms with E-state index in [1.165, 1.54) is 17.3 Å².